The van der Waals surface area contributed by atoms with Crippen LogP contribution in [-0.4, -0.2) is 35.5 Å². The van der Waals surface area contributed by atoms with E-state index >= 15 is 0 Å². The van der Waals surface area contributed by atoms with Crippen LogP contribution in [0.1, 0.15) is 56.0 Å². The highest BCUT2D eigenvalue weighted by Crippen LogP contribution is 2.27. The van der Waals surface area contributed by atoms with Gasteiger partial charge in [0.2, 0.25) is 0 Å². The Bertz CT molecular complexity index is 641. The minimum atomic E-state index is -0.280. The van der Waals surface area contributed by atoms with E-state index in [1.807, 2.05) is 32.1 Å². The van der Waals surface area contributed by atoms with Crippen LogP contribution in [-0.2, 0) is 4.74 Å². The Labute approximate surface area is 148 Å². The highest BCUT2D eigenvalue weighted by molar-refractivity contribution is 6.31. The summed E-state index contributed by atoms with van der Waals surface area (Å²) < 4.78 is 5.16. The molecule has 1 aromatic rings. The molecule has 0 saturated carbocycles. The highest BCUT2D eigenvalue weighted by Gasteiger charge is 2.33. The molecule has 130 valence electrons. The van der Waals surface area contributed by atoms with Gasteiger partial charge in [-0.05, 0) is 44.4 Å². The molecule has 1 aromatic carbocycles. The van der Waals surface area contributed by atoms with E-state index in [-0.39, 0.29) is 24.0 Å². The number of nitrogens with zero attached hydrogens (tertiary/aromatic N) is 1. The Balaban J connectivity index is 2.24. The van der Waals surface area contributed by atoms with E-state index in [9.17, 15) is 9.59 Å². The topological polar surface area (TPSA) is 46.6 Å². The summed E-state index contributed by atoms with van der Waals surface area (Å²) in [6.07, 6.45) is 5.87. The highest BCUT2D eigenvalue weighted by atomic mass is 35.5. The summed E-state index contributed by atoms with van der Waals surface area (Å²) in [5.74, 6) is 0.0548. The molecule has 1 aliphatic heterocycles. The summed E-state index contributed by atoms with van der Waals surface area (Å²) in [4.78, 5) is 26.0. The maximum Gasteiger partial charge on any atom is 0.410 e. The van der Waals surface area contributed by atoms with Crippen molar-refractivity contribution in [2.45, 2.75) is 52.1 Å². The monoisotopic (exact) mass is 349 g/mol. The lowest BCUT2D eigenvalue weighted by Crippen LogP contribution is -2.39. The third kappa shape index (κ3) is 4.18. The summed E-state index contributed by atoms with van der Waals surface area (Å²) in [6.45, 7) is 6.03. The van der Waals surface area contributed by atoms with Crippen molar-refractivity contribution in [1.29, 1.82) is 0 Å². The predicted molar refractivity (Wildman–Crippen MR) is 96.5 cm³/mol. The number of halogens is 1. The molecule has 0 radical (unpaired) electrons. The van der Waals surface area contributed by atoms with Gasteiger partial charge in [0.1, 0.15) is 0 Å². The second-order valence-corrected chi connectivity index (χ2v) is 6.40. The quantitative estimate of drug-likeness (QED) is 0.706. The molecule has 2 atom stereocenters. The molecule has 1 heterocycles. The number of likely N-dealkylation sites (tertiary alicyclic amines) is 1. The van der Waals surface area contributed by atoms with Gasteiger partial charge in [0.15, 0.2) is 5.78 Å². The van der Waals surface area contributed by atoms with Gasteiger partial charge in [-0.1, -0.05) is 36.7 Å². The average Bonchev–Trinajstić information content (AvgIpc) is 2.94. The Kier molecular flexibility index (Phi) is 6.44. The van der Waals surface area contributed by atoms with Crippen LogP contribution in [0, 0.1) is 0 Å². The molecule has 4 nitrogen and oxygen atoms in total. The summed E-state index contributed by atoms with van der Waals surface area (Å²) in [6, 6.07) is 5.45. The minimum Gasteiger partial charge on any atom is -0.450 e. The summed E-state index contributed by atoms with van der Waals surface area (Å²) >= 11 is 6.02. The molecule has 5 heteroatoms. The molecule has 0 bridgehead atoms. The number of ketones is 1. The number of rotatable bonds is 5. The molecular formula is C19H24ClNO3. The number of hydrogen-bond acceptors (Lipinski definition) is 3. The normalized spacial score (nSPS) is 20.6. The largest absolute Gasteiger partial charge is 0.450 e. The molecule has 1 fully saturated rings. The van der Waals surface area contributed by atoms with Crippen molar-refractivity contribution in [3.8, 4) is 0 Å². The summed E-state index contributed by atoms with van der Waals surface area (Å²) in [7, 11) is 0. The van der Waals surface area contributed by atoms with Crippen LogP contribution in [0.3, 0.4) is 0 Å². The molecule has 1 aliphatic rings. The molecule has 0 N–H and O–H groups in total. The molecule has 2 rings (SSSR count). The number of amides is 1. The van der Waals surface area contributed by atoms with Gasteiger partial charge in [0.05, 0.1) is 12.6 Å². The lowest BCUT2D eigenvalue weighted by Gasteiger charge is -2.25. The number of carbonyl (C=O) groups excluding carboxylic acids is 2. The van der Waals surface area contributed by atoms with Crippen molar-refractivity contribution >= 4 is 29.6 Å². The Hall–Kier alpha value is -1.81. The van der Waals surface area contributed by atoms with E-state index in [1.165, 1.54) is 0 Å². The first-order valence-corrected chi connectivity index (χ1v) is 8.81. The van der Waals surface area contributed by atoms with Crippen LogP contribution in [0.4, 0.5) is 4.79 Å². The first-order chi connectivity index (χ1) is 11.5. The van der Waals surface area contributed by atoms with E-state index in [0.29, 0.717) is 23.6 Å². The van der Waals surface area contributed by atoms with Gasteiger partial charge in [-0.2, -0.15) is 0 Å². The lowest BCUT2D eigenvalue weighted by molar-refractivity contribution is 0.0967. The van der Waals surface area contributed by atoms with Crippen LogP contribution in [0.2, 0.25) is 5.02 Å². The Morgan fingerprint density at radius 2 is 2.08 bits per heavy atom. The second kappa shape index (κ2) is 8.34. The van der Waals surface area contributed by atoms with Crippen molar-refractivity contribution in [3.05, 3.63) is 40.4 Å². The second-order valence-electron chi connectivity index (χ2n) is 5.97. The Morgan fingerprint density at radius 1 is 1.33 bits per heavy atom. The van der Waals surface area contributed by atoms with E-state index < -0.39 is 0 Å². The van der Waals surface area contributed by atoms with E-state index in [1.54, 1.807) is 24.0 Å². The molecular weight excluding hydrogens is 326 g/mol. The number of carbonyl (C=O) groups is 2. The van der Waals surface area contributed by atoms with E-state index in [0.717, 1.165) is 18.4 Å². The van der Waals surface area contributed by atoms with Crippen molar-refractivity contribution in [2.24, 2.45) is 0 Å². The predicted octanol–water partition coefficient (Wildman–Crippen LogP) is 4.96. The first-order valence-electron chi connectivity index (χ1n) is 8.44. The molecule has 0 aliphatic carbocycles. The van der Waals surface area contributed by atoms with Crippen LogP contribution in [0.15, 0.2) is 24.3 Å². The maximum atomic E-state index is 12.1. The van der Waals surface area contributed by atoms with Gasteiger partial charge < -0.3 is 4.74 Å². The fourth-order valence-electron chi connectivity index (χ4n) is 3.04. The first kappa shape index (κ1) is 18.5. The lowest BCUT2D eigenvalue weighted by atomic mass is 10.0. The Morgan fingerprint density at radius 3 is 2.75 bits per heavy atom. The van der Waals surface area contributed by atoms with Crippen LogP contribution < -0.4 is 0 Å². The smallest absolute Gasteiger partial charge is 0.410 e. The number of ether oxygens (including phenoxy) is 1. The van der Waals surface area contributed by atoms with Crippen LogP contribution in [0.25, 0.3) is 6.08 Å². The third-order valence-electron chi connectivity index (χ3n) is 4.33. The van der Waals surface area contributed by atoms with Crippen molar-refractivity contribution < 1.29 is 14.3 Å². The van der Waals surface area contributed by atoms with Crippen LogP contribution >= 0.6 is 11.6 Å². The minimum absolute atomic E-state index is 0.0145. The number of Topliss-reactive ketones (excluding diaryl/α,β-unsaturated/α-hetero) is 1. The van der Waals surface area contributed by atoms with Gasteiger partial charge >= 0.3 is 6.09 Å². The number of benzene rings is 1. The zero-order valence-electron chi connectivity index (χ0n) is 14.4. The van der Waals surface area contributed by atoms with Gasteiger partial charge in [-0.25, -0.2) is 4.79 Å². The molecule has 2 unspecified atom stereocenters. The van der Waals surface area contributed by atoms with Gasteiger partial charge in [-0.3, -0.25) is 9.69 Å². The van der Waals surface area contributed by atoms with E-state index in [4.69, 9.17) is 16.3 Å². The fourth-order valence-corrected chi connectivity index (χ4v) is 3.21. The fraction of sp³-hybridized carbons (Fsp3) is 0.474. The van der Waals surface area contributed by atoms with Crippen molar-refractivity contribution in [2.75, 3.05) is 6.61 Å². The maximum absolute atomic E-state index is 12.1. The summed E-state index contributed by atoms with van der Waals surface area (Å²) in [5.41, 5.74) is 1.45. The van der Waals surface area contributed by atoms with Gasteiger partial charge in [0, 0.05) is 23.0 Å². The zero-order chi connectivity index (χ0) is 17.7. The third-order valence-corrected chi connectivity index (χ3v) is 4.56. The zero-order valence-corrected chi connectivity index (χ0v) is 15.2. The molecule has 24 heavy (non-hydrogen) atoms. The molecule has 1 amide bonds. The van der Waals surface area contributed by atoms with Gasteiger partial charge in [-0.15, -0.1) is 0 Å². The number of hydrogen-bond donors (Lipinski definition) is 0. The molecule has 0 spiro atoms. The van der Waals surface area contributed by atoms with E-state index in [2.05, 4.69) is 0 Å². The van der Waals surface area contributed by atoms with Crippen LogP contribution in [0.5, 0.6) is 0 Å². The molecule has 0 aromatic heterocycles. The summed E-state index contributed by atoms with van der Waals surface area (Å²) in [5, 5.41) is 0.548. The van der Waals surface area contributed by atoms with Crippen molar-refractivity contribution in [3.63, 3.8) is 0 Å². The molecule has 1 saturated heterocycles. The standard InChI is InChI=1S/C19H24ClNO3/c1-4-18(22)17-12-15(20)9-7-14(17)8-11-16-10-6-13(3)21(16)19(23)24-5-2/h7-9,11-13,16H,4-6,10H2,1-3H3/b11-8+. The van der Waals surface area contributed by atoms with Gasteiger partial charge in [0.25, 0.3) is 0 Å². The van der Waals surface area contributed by atoms with Crippen molar-refractivity contribution in [1.82, 2.24) is 4.90 Å². The SMILES string of the molecule is CCOC(=O)N1C(C)CCC1/C=C/c1ccc(Cl)cc1C(=O)CC. The average molecular weight is 350 g/mol.